The van der Waals surface area contributed by atoms with Crippen LogP contribution in [-0.4, -0.2) is 101 Å². The van der Waals surface area contributed by atoms with Gasteiger partial charge >= 0.3 is 5.97 Å². The molecule has 4 N–H and O–H groups in total. The van der Waals surface area contributed by atoms with Crippen molar-refractivity contribution >= 4 is 17.5 Å². The van der Waals surface area contributed by atoms with Crippen LogP contribution in [0, 0.1) is 0 Å². The van der Waals surface area contributed by atoms with Crippen molar-refractivity contribution in [3.8, 4) is 17.2 Å². The number of aliphatic hydroxyl groups excluding tert-OH is 1. The van der Waals surface area contributed by atoms with E-state index in [1.54, 1.807) is 27.9 Å². The highest BCUT2D eigenvalue weighted by Crippen LogP contribution is 2.57. The van der Waals surface area contributed by atoms with Crippen LogP contribution in [0.15, 0.2) is 18.2 Å². The van der Waals surface area contributed by atoms with E-state index in [9.17, 15) is 34.8 Å². The first-order valence-corrected chi connectivity index (χ1v) is 14.1. The maximum Gasteiger partial charge on any atom is 0.316 e. The van der Waals surface area contributed by atoms with Crippen molar-refractivity contribution in [1.29, 1.82) is 0 Å². The Morgan fingerprint density at radius 1 is 1.07 bits per heavy atom. The Bertz CT molecular complexity index is 1490. The third kappa shape index (κ3) is 4.68. The molecule has 0 saturated carbocycles. The van der Waals surface area contributed by atoms with Gasteiger partial charge in [0.1, 0.15) is 23.2 Å². The number of likely N-dealkylation sites (N-methyl/N-ethyl adjacent to an activating group) is 1. The van der Waals surface area contributed by atoms with Crippen LogP contribution in [0.3, 0.4) is 0 Å². The highest BCUT2D eigenvalue weighted by Gasteiger charge is 2.55. The fraction of sp³-hybridized carbons (Fsp3) is 0.516. The van der Waals surface area contributed by atoms with Crippen molar-refractivity contribution in [2.75, 3.05) is 28.3 Å². The summed E-state index contributed by atoms with van der Waals surface area (Å²) in [5, 5.41) is 46.1. The van der Waals surface area contributed by atoms with Crippen LogP contribution in [0.2, 0.25) is 0 Å². The minimum absolute atomic E-state index is 0.0111. The Balaban J connectivity index is 1.74. The predicted octanol–water partition coefficient (Wildman–Crippen LogP) is 2.17. The van der Waals surface area contributed by atoms with Gasteiger partial charge in [-0.15, -0.1) is 0 Å². The molecule has 0 spiro atoms. The van der Waals surface area contributed by atoms with E-state index >= 15 is 0 Å². The number of ether oxygens (including phenoxy) is 4. The van der Waals surface area contributed by atoms with Crippen LogP contribution in [0.25, 0.3) is 0 Å². The molecule has 2 aliphatic carbocycles. The lowest BCUT2D eigenvalue weighted by Gasteiger charge is -2.46. The molecule has 0 aromatic heterocycles. The number of ketones is 2. The lowest BCUT2D eigenvalue weighted by molar-refractivity contribution is -0.258. The first-order valence-electron chi connectivity index (χ1n) is 14.1. The second-order valence-electron chi connectivity index (χ2n) is 11.6. The maximum atomic E-state index is 13.9. The standard InChI is InChI=1S/C31H37NO11/c1-7-31(39)12-17(43-18-11-15(32(3)4)25(33)13(2)42-18)20-21(24(31)30(38)41-6)29(37)22-23(28(20)36)27(35)19-14(26(22)34)9-8-10-16(19)40-5/h8-10,13,15,17-18,24-25,33,36-37,39H,7,11-12H2,1-6H3/t13-,15-,17-,18?,24-,25-,31+/m0/s1. The third-order valence-electron chi connectivity index (χ3n) is 9.09. The normalized spacial score (nSPS) is 30.0. The van der Waals surface area contributed by atoms with Gasteiger partial charge in [0, 0.05) is 35.6 Å². The fourth-order valence-corrected chi connectivity index (χ4v) is 6.75. The molecule has 7 atom stereocenters. The number of carbonyl (C=O) groups is 3. The van der Waals surface area contributed by atoms with E-state index in [1.165, 1.54) is 25.3 Å². The average molecular weight is 600 g/mol. The van der Waals surface area contributed by atoms with Gasteiger partial charge in [0.25, 0.3) is 0 Å². The van der Waals surface area contributed by atoms with Crippen LogP contribution in [0.1, 0.15) is 88.1 Å². The molecule has 2 aromatic rings. The first kappa shape index (κ1) is 30.9. The van der Waals surface area contributed by atoms with Crippen LogP contribution < -0.4 is 4.74 Å². The van der Waals surface area contributed by atoms with Crippen LogP contribution in [-0.2, 0) is 19.0 Å². The number of aromatic hydroxyl groups is 2. The summed E-state index contributed by atoms with van der Waals surface area (Å²) in [5.41, 5.74) is -3.31. The van der Waals surface area contributed by atoms with Crippen LogP contribution >= 0.6 is 0 Å². The van der Waals surface area contributed by atoms with E-state index in [0.717, 1.165) is 7.11 Å². The molecule has 0 bridgehead atoms. The zero-order valence-electron chi connectivity index (χ0n) is 24.9. The summed E-state index contributed by atoms with van der Waals surface area (Å²) in [4.78, 5) is 42.7. The lowest BCUT2D eigenvalue weighted by Crippen LogP contribution is -2.54. The number of esters is 1. The van der Waals surface area contributed by atoms with Crippen molar-refractivity contribution in [3.05, 3.63) is 51.6 Å². The number of phenolic OH excluding ortho intramolecular Hbond substituents is 2. The predicted molar refractivity (Wildman–Crippen MR) is 151 cm³/mol. The van der Waals surface area contributed by atoms with E-state index in [-0.39, 0.29) is 53.3 Å². The number of benzene rings is 2. The van der Waals surface area contributed by atoms with Crippen molar-refractivity contribution in [2.24, 2.45) is 0 Å². The second kappa shape index (κ2) is 11.2. The van der Waals surface area contributed by atoms with Gasteiger partial charge in [-0.25, -0.2) is 0 Å². The van der Waals surface area contributed by atoms with Crippen molar-refractivity contribution < 1.29 is 53.8 Å². The van der Waals surface area contributed by atoms with E-state index in [0.29, 0.717) is 0 Å². The number of aliphatic hydroxyl groups is 2. The molecule has 1 unspecified atom stereocenters. The summed E-state index contributed by atoms with van der Waals surface area (Å²) in [6.45, 7) is 3.33. The van der Waals surface area contributed by atoms with Crippen LogP contribution in [0.4, 0.5) is 0 Å². The SMILES string of the molecule is CC[C@@]1(O)C[C@H](OC2C[C@H](N(C)C)[C@@H](O)[C@H](C)O2)c2c(O)c3c(c(O)c2[C@H]1C(=O)OC)C(=O)c1cccc(OC)c1C3=O. The van der Waals surface area contributed by atoms with Gasteiger partial charge in [-0.3, -0.25) is 14.4 Å². The Morgan fingerprint density at radius 3 is 2.33 bits per heavy atom. The number of nitrogens with zero attached hydrogens (tertiary/aromatic N) is 1. The molecule has 2 aromatic carbocycles. The summed E-state index contributed by atoms with van der Waals surface area (Å²) in [5.74, 6) is -5.25. The molecule has 0 amide bonds. The minimum Gasteiger partial charge on any atom is -0.507 e. The lowest BCUT2D eigenvalue weighted by atomic mass is 9.66. The van der Waals surface area contributed by atoms with Gasteiger partial charge in [-0.2, -0.15) is 0 Å². The van der Waals surface area contributed by atoms with Gasteiger partial charge in [0.2, 0.25) is 5.78 Å². The Kier molecular flexibility index (Phi) is 8.03. The Morgan fingerprint density at radius 2 is 1.72 bits per heavy atom. The topological polar surface area (TPSA) is 172 Å². The number of carbonyl (C=O) groups excluding carboxylic acids is 3. The van der Waals surface area contributed by atoms with Crippen molar-refractivity contribution in [2.45, 2.75) is 75.3 Å². The van der Waals surface area contributed by atoms with Crippen LogP contribution in [0.5, 0.6) is 17.2 Å². The highest BCUT2D eigenvalue weighted by atomic mass is 16.7. The molecule has 12 heteroatoms. The molecule has 12 nitrogen and oxygen atoms in total. The fourth-order valence-electron chi connectivity index (χ4n) is 6.75. The molecule has 1 aliphatic heterocycles. The summed E-state index contributed by atoms with van der Waals surface area (Å²) in [6, 6.07) is 4.07. The first-order chi connectivity index (χ1) is 20.3. The zero-order chi connectivity index (χ0) is 31.5. The quantitative estimate of drug-likeness (QED) is 0.241. The largest absolute Gasteiger partial charge is 0.507 e. The van der Waals surface area contributed by atoms with Crippen molar-refractivity contribution in [1.82, 2.24) is 4.90 Å². The number of hydrogen-bond donors (Lipinski definition) is 4. The Hall–Kier alpha value is -3.55. The molecule has 5 rings (SSSR count). The average Bonchev–Trinajstić information content (AvgIpc) is 2.98. The minimum atomic E-state index is -1.84. The summed E-state index contributed by atoms with van der Waals surface area (Å²) in [6.07, 6.45) is -3.59. The zero-order valence-corrected chi connectivity index (χ0v) is 24.9. The van der Waals surface area contributed by atoms with Gasteiger partial charge in [-0.05, 0) is 33.5 Å². The van der Waals surface area contributed by atoms with E-state index in [1.807, 2.05) is 4.90 Å². The number of methoxy groups -OCH3 is 2. The molecule has 1 heterocycles. The van der Waals surface area contributed by atoms with E-state index in [4.69, 9.17) is 18.9 Å². The van der Waals surface area contributed by atoms with Gasteiger partial charge in [0.15, 0.2) is 12.1 Å². The number of fused-ring (bicyclic) bond motifs is 3. The van der Waals surface area contributed by atoms with Gasteiger partial charge in [-0.1, -0.05) is 19.1 Å². The molecule has 3 aliphatic rings. The Labute approximate surface area is 248 Å². The molecular weight excluding hydrogens is 562 g/mol. The number of rotatable bonds is 6. The highest BCUT2D eigenvalue weighted by molar-refractivity contribution is 6.31. The molecule has 0 radical (unpaired) electrons. The summed E-state index contributed by atoms with van der Waals surface area (Å²) in [7, 11) is 6.07. The second-order valence-corrected chi connectivity index (χ2v) is 11.6. The maximum absolute atomic E-state index is 13.9. The van der Waals surface area contributed by atoms with Crippen molar-refractivity contribution in [3.63, 3.8) is 0 Å². The molecule has 232 valence electrons. The molecule has 1 fully saturated rings. The smallest absolute Gasteiger partial charge is 0.316 e. The van der Waals surface area contributed by atoms with Gasteiger partial charge < -0.3 is 44.3 Å². The van der Waals surface area contributed by atoms with E-state index in [2.05, 4.69) is 0 Å². The molecule has 1 saturated heterocycles. The van der Waals surface area contributed by atoms with Gasteiger partial charge in [0.05, 0.1) is 54.8 Å². The third-order valence-corrected chi connectivity index (χ3v) is 9.09. The molecule has 43 heavy (non-hydrogen) atoms. The summed E-state index contributed by atoms with van der Waals surface area (Å²) >= 11 is 0. The monoisotopic (exact) mass is 599 g/mol. The number of hydrogen-bond acceptors (Lipinski definition) is 12. The number of phenols is 2. The molecular formula is C31H37NO11. The van der Waals surface area contributed by atoms with E-state index < -0.39 is 76.3 Å². The summed E-state index contributed by atoms with van der Waals surface area (Å²) < 4.78 is 22.6.